The zero-order valence-corrected chi connectivity index (χ0v) is 16.2. The van der Waals surface area contributed by atoms with E-state index in [0.29, 0.717) is 30.0 Å². The summed E-state index contributed by atoms with van der Waals surface area (Å²) in [6.45, 7) is 1.96. The first-order valence-corrected chi connectivity index (χ1v) is 9.90. The zero-order chi connectivity index (χ0) is 20.1. The van der Waals surface area contributed by atoms with Gasteiger partial charge in [-0.3, -0.25) is 9.36 Å². The van der Waals surface area contributed by atoms with Gasteiger partial charge in [0.2, 0.25) is 0 Å². The molecule has 0 spiro atoms. The van der Waals surface area contributed by atoms with Crippen LogP contribution in [0.2, 0.25) is 0 Å². The fraction of sp³-hybridized carbons (Fsp3) is 0.524. The number of nitrogens with zero attached hydrogens (tertiary/aromatic N) is 2. The van der Waals surface area contributed by atoms with E-state index in [-0.39, 0.29) is 23.9 Å². The van der Waals surface area contributed by atoms with Crippen molar-refractivity contribution in [3.8, 4) is 0 Å². The van der Waals surface area contributed by atoms with Crippen molar-refractivity contribution in [2.24, 2.45) is 5.92 Å². The van der Waals surface area contributed by atoms with E-state index in [4.69, 9.17) is 4.74 Å². The van der Waals surface area contributed by atoms with Crippen LogP contribution in [-0.4, -0.2) is 14.5 Å². The SMILES string of the molecule is CCc1c(CC2CCCCC2)n(COCc2ccc(F)cc2)c(=O)n(O)c1=O. The summed E-state index contributed by atoms with van der Waals surface area (Å²) >= 11 is 0. The second kappa shape index (κ2) is 9.19. The van der Waals surface area contributed by atoms with Gasteiger partial charge in [0.05, 0.1) is 6.61 Å². The van der Waals surface area contributed by atoms with E-state index in [9.17, 15) is 19.2 Å². The van der Waals surface area contributed by atoms with Crippen LogP contribution in [0.1, 0.15) is 55.8 Å². The number of benzene rings is 1. The van der Waals surface area contributed by atoms with E-state index in [0.717, 1.165) is 31.2 Å². The molecular weight excluding hydrogens is 363 g/mol. The summed E-state index contributed by atoms with van der Waals surface area (Å²) in [4.78, 5) is 24.9. The summed E-state index contributed by atoms with van der Waals surface area (Å²) in [5.41, 5.74) is 0.461. The Balaban J connectivity index is 1.86. The summed E-state index contributed by atoms with van der Waals surface area (Å²) in [6, 6.07) is 5.93. The first-order valence-electron chi connectivity index (χ1n) is 9.90. The summed E-state index contributed by atoms with van der Waals surface area (Å²) in [5.74, 6) is 0.102. The Kier molecular flexibility index (Phi) is 6.67. The van der Waals surface area contributed by atoms with Crippen molar-refractivity contribution < 1.29 is 14.3 Å². The first-order chi connectivity index (χ1) is 13.5. The maximum Gasteiger partial charge on any atom is 0.366 e. The standard InChI is InChI=1S/C21H27FN2O4/c1-2-18-19(12-15-6-4-3-5-7-15)23(21(26)24(27)20(18)25)14-28-13-16-8-10-17(22)11-9-16/h8-11,15,27H,2-7,12-14H2,1H3. The molecule has 152 valence electrons. The van der Waals surface area contributed by atoms with Gasteiger partial charge in [0.15, 0.2) is 0 Å². The third kappa shape index (κ3) is 4.52. The molecule has 1 aromatic carbocycles. The molecule has 1 aliphatic rings. The van der Waals surface area contributed by atoms with Crippen LogP contribution < -0.4 is 11.2 Å². The highest BCUT2D eigenvalue weighted by molar-refractivity contribution is 5.19. The predicted molar refractivity (Wildman–Crippen MR) is 103 cm³/mol. The molecule has 1 fully saturated rings. The first kappa shape index (κ1) is 20.3. The van der Waals surface area contributed by atoms with Crippen LogP contribution in [0.3, 0.4) is 0 Å². The number of rotatable bonds is 7. The molecule has 1 heterocycles. The van der Waals surface area contributed by atoms with Gasteiger partial charge in [-0.25, -0.2) is 9.18 Å². The van der Waals surface area contributed by atoms with Crippen LogP contribution in [0, 0.1) is 11.7 Å². The Bertz CT molecular complexity index is 912. The second-order valence-corrected chi connectivity index (χ2v) is 7.42. The van der Waals surface area contributed by atoms with Crippen molar-refractivity contribution in [3.63, 3.8) is 0 Å². The fourth-order valence-electron chi connectivity index (χ4n) is 3.95. The zero-order valence-electron chi connectivity index (χ0n) is 16.2. The number of hydrogen-bond donors (Lipinski definition) is 1. The molecule has 0 aliphatic heterocycles. The Hall–Kier alpha value is -2.41. The summed E-state index contributed by atoms with van der Waals surface area (Å²) in [6.07, 6.45) is 6.77. The largest absolute Gasteiger partial charge is 0.421 e. The minimum atomic E-state index is -0.785. The highest BCUT2D eigenvalue weighted by Gasteiger charge is 2.22. The van der Waals surface area contributed by atoms with Gasteiger partial charge in [-0.15, -0.1) is 0 Å². The smallest absolute Gasteiger partial charge is 0.366 e. The topological polar surface area (TPSA) is 73.5 Å². The Morgan fingerprint density at radius 2 is 1.82 bits per heavy atom. The lowest BCUT2D eigenvalue weighted by Crippen LogP contribution is -2.43. The molecule has 0 atom stereocenters. The molecule has 2 aromatic rings. The van der Waals surface area contributed by atoms with Gasteiger partial charge in [-0.05, 0) is 36.5 Å². The number of aromatic nitrogens is 2. The molecule has 1 aromatic heterocycles. The molecule has 1 saturated carbocycles. The summed E-state index contributed by atoms with van der Waals surface area (Å²) in [7, 11) is 0. The summed E-state index contributed by atoms with van der Waals surface area (Å²) in [5, 5.41) is 9.95. The van der Waals surface area contributed by atoms with E-state index in [1.807, 2.05) is 6.92 Å². The minimum absolute atomic E-state index is 0.0773. The van der Waals surface area contributed by atoms with E-state index in [2.05, 4.69) is 0 Å². The molecule has 0 saturated heterocycles. The van der Waals surface area contributed by atoms with Crippen molar-refractivity contribution in [2.45, 2.75) is 65.2 Å². The van der Waals surface area contributed by atoms with Gasteiger partial charge in [0, 0.05) is 11.3 Å². The van der Waals surface area contributed by atoms with Gasteiger partial charge >= 0.3 is 5.69 Å². The third-order valence-corrected chi connectivity index (χ3v) is 5.50. The molecule has 1 aliphatic carbocycles. The van der Waals surface area contributed by atoms with Gasteiger partial charge in [-0.2, -0.15) is 0 Å². The average Bonchev–Trinajstić information content (AvgIpc) is 2.71. The fourth-order valence-corrected chi connectivity index (χ4v) is 3.95. The van der Waals surface area contributed by atoms with Crippen molar-refractivity contribution in [1.82, 2.24) is 9.30 Å². The predicted octanol–water partition coefficient (Wildman–Crippen LogP) is 3.25. The lowest BCUT2D eigenvalue weighted by atomic mass is 9.85. The Morgan fingerprint density at radius 3 is 2.46 bits per heavy atom. The van der Waals surface area contributed by atoms with Gasteiger partial charge in [0.25, 0.3) is 5.56 Å². The van der Waals surface area contributed by atoms with Crippen LogP contribution in [0.5, 0.6) is 0 Å². The van der Waals surface area contributed by atoms with Crippen LogP contribution >= 0.6 is 0 Å². The molecular formula is C21H27FN2O4. The van der Waals surface area contributed by atoms with Gasteiger partial charge < -0.3 is 9.94 Å². The molecule has 0 unspecified atom stereocenters. The van der Waals surface area contributed by atoms with E-state index < -0.39 is 11.2 Å². The Morgan fingerprint density at radius 1 is 1.14 bits per heavy atom. The normalized spacial score (nSPS) is 15.1. The molecule has 7 heteroatoms. The van der Waals surface area contributed by atoms with E-state index in [1.54, 1.807) is 12.1 Å². The highest BCUT2D eigenvalue weighted by atomic mass is 19.1. The monoisotopic (exact) mass is 390 g/mol. The molecule has 0 bridgehead atoms. The molecule has 28 heavy (non-hydrogen) atoms. The Labute approximate surface area is 163 Å². The van der Waals surface area contributed by atoms with E-state index >= 15 is 0 Å². The van der Waals surface area contributed by atoms with Crippen molar-refractivity contribution >= 4 is 0 Å². The third-order valence-electron chi connectivity index (χ3n) is 5.50. The van der Waals surface area contributed by atoms with Gasteiger partial charge in [0.1, 0.15) is 12.5 Å². The summed E-state index contributed by atoms with van der Waals surface area (Å²) < 4.78 is 20.2. The lowest BCUT2D eigenvalue weighted by molar-refractivity contribution is 0.0490. The van der Waals surface area contributed by atoms with Gasteiger partial charge in [-0.1, -0.05) is 55.9 Å². The number of hydrogen-bond acceptors (Lipinski definition) is 4. The molecule has 3 rings (SSSR count). The van der Waals surface area contributed by atoms with Crippen LogP contribution in [0.25, 0.3) is 0 Å². The quantitative estimate of drug-likeness (QED) is 0.737. The van der Waals surface area contributed by atoms with E-state index in [1.165, 1.54) is 23.1 Å². The van der Waals surface area contributed by atoms with Crippen LogP contribution in [0.4, 0.5) is 4.39 Å². The van der Waals surface area contributed by atoms with Crippen LogP contribution in [0.15, 0.2) is 33.9 Å². The number of ether oxygens (including phenoxy) is 1. The van der Waals surface area contributed by atoms with Crippen molar-refractivity contribution in [1.29, 1.82) is 0 Å². The van der Waals surface area contributed by atoms with Crippen molar-refractivity contribution in [3.05, 3.63) is 67.7 Å². The van der Waals surface area contributed by atoms with Crippen molar-refractivity contribution in [2.75, 3.05) is 0 Å². The molecule has 0 radical (unpaired) electrons. The van der Waals surface area contributed by atoms with Crippen LogP contribution in [-0.2, 0) is 30.9 Å². The maximum absolute atomic E-state index is 13.0. The molecule has 6 nitrogen and oxygen atoms in total. The molecule has 0 amide bonds. The molecule has 1 N–H and O–H groups in total. The highest BCUT2D eigenvalue weighted by Crippen LogP contribution is 2.27. The average molecular weight is 390 g/mol. The second-order valence-electron chi connectivity index (χ2n) is 7.42. The lowest BCUT2D eigenvalue weighted by Gasteiger charge is -2.24. The maximum atomic E-state index is 13.0. The minimum Gasteiger partial charge on any atom is -0.421 e. The number of halogens is 1.